The molecule has 0 bridgehead atoms. The Morgan fingerprint density at radius 1 is 1.41 bits per heavy atom. The summed E-state index contributed by atoms with van der Waals surface area (Å²) in [7, 11) is 1.31. The first kappa shape index (κ1) is 11.0. The van der Waals surface area contributed by atoms with Gasteiger partial charge in [-0.15, -0.1) is 0 Å². The summed E-state index contributed by atoms with van der Waals surface area (Å²) in [6, 6.07) is 7.07. The van der Waals surface area contributed by atoms with Crippen LogP contribution in [-0.4, -0.2) is 18.4 Å². The Morgan fingerprint density at radius 3 is 2.65 bits per heavy atom. The van der Waals surface area contributed by atoms with Crippen molar-refractivity contribution < 1.29 is 14.1 Å². The third-order valence-electron chi connectivity index (χ3n) is 2.23. The molecule has 17 heavy (non-hydrogen) atoms. The number of nitrogen functional groups attached to an aromatic ring is 1. The van der Waals surface area contributed by atoms with Gasteiger partial charge in [0, 0.05) is 5.69 Å². The van der Waals surface area contributed by atoms with Crippen LogP contribution in [0.3, 0.4) is 0 Å². The van der Waals surface area contributed by atoms with Crippen molar-refractivity contribution in [3.05, 3.63) is 30.5 Å². The van der Waals surface area contributed by atoms with E-state index in [1.165, 1.54) is 13.3 Å². The third kappa shape index (κ3) is 2.36. The quantitative estimate of drug-likeness (QED) is 0.828. The lowest BCUT2D eigenvalue weighted by Gasteiger charge is -2.04. The highest BCUT2D eigenvalue weighted by Gasteiger charge is 2.07. The highest BCUT2D eigenvalue weighted by atomic mass is 16.5. The first-order valence-corrected chi connectivity index (χ1v) is 4.86. The lowest BCUT2D eigenvalue weighted by atomic mass is 10.1. The van der Waals surface area contributed by atoms with E-state index in [1.54, 1.807) is 24.3 Å². The van der Waals surface area contributed by atoms with Crippen LogP contribution in [0.2, 0.25) is 0 Å². The fraction of sp³-hybridized carbons (Fsp3) is 0.0909. The molecule has 0 saturated carbocycles. The maximum atomic E-state index is 11.0. The van der Waals surface area contributed by atoms with Crippen LogP contribution in [0.5, 0.6) is 0 Å². The minimum absolute atomic E-state index is 0.263. The van der Waals surface area contributed by atoms with E-state index in [-0.39, 0.29) is 5.88 Å². The molecule has 6 heteroatoms. The third-order valence-corrected chi connectivity index (χ3v) is 2.23. The summed E-state index contributed by atoms with van der Waals surface area (Å²) in [5, 5.41) is 6.14. The molecule has 1 aromatic heterocycles. The number of carbonyl (C=O) groups is 1. The van der Waals surface area contributed by atoms with Crippen LogP contribution in [-0.2, 0) is 4.74 Å². The summed E-state index contributed by atoms with van der Waals surface area (Å²) in [4.78, 5) is 11.0. The number of anilines is 2. The zero-order valence-corrected chi connectivity index (χ0v) is 9.14. The van der Waals surface area contributed by atoms with Gasteiger partial charge >= 0.3 is 6.09 Å². The molecule has 3 N–H and O–H groups in total. The van der Waals surface area contributed by atoms with Gasteiger partial charge in [0.05, 0.1) is 18.9 Å². The number of nitrogens with two attached hydrogens (primary N) is 1. The van der Waals surface area contributed by atoms with Crippen LogP contribution in [0.4, 0.5) is 16.4 Å². The van der Waals surface area contributed by atoms with Crippen molar-refractivity contribution in [3.63, 3.8) is 0 Å². The number of amides is 1. The molecule has 0 aliphatic carbocycles. The Bertz CT molecular complexity index is 519. The summed E-state index contributed by atoms with van der Waals surface area (Å²) in [5.74, 6) is 0.263. The molecule has 6 nitrogen and oxygen atoms in total. The van der Waals surface area contributed by atoms with Gasteiger partial charge in [-0.2, -0.15) is 0 Å². The zero-order valence-electron chi connectivity index (χ0n) is 9.14. The average Bonchev–Trinajstić information content (AvgIpc) is 2.76. The molecule has 2 rings (SSSR count). The number of aromatic nitrogens is 1. The smallest absolute Gasteiger partial charge is 0.411 e. The molecule has 0 saturated heterocycles. The molecular weight excluding hydrogens is 222 g/mol. The SMILES string of the molecule is COC(=O)Nc1ccc(-c2cnoc2N)cc1. The van der Waals surface area contributed by atoms with Gasteiger partial charge in [-0.1, -0.05) is 17.3 Å². The number of hydrogen-bond acceptors (Lipinski definition) is 5. The predicted molar refractivity (Wildman–Crippen MR) is 62.4 cm³/mol. The first-order valence-electron chi connectivity index (χ1n) is 4.86. The van der Waals surface area contributed by atoms with Gasteiger partial charge in [-0.25, -0.2) is 4.79 Å². The van der Waals surface area contributed by atoms with Crippen LogP contribution in [0.15, 0.2) is 35.0 Å². The number of ether oxygens (including phenoxy) is 1. The van der Waals surface area contributed by atoms with Gasteiger partial charge in [0.1, 0.15) is 0 Å². The molecule has 0 spiro atoms. The molecule has 1 amide bonds. The van der Waals surface area contributed by atoms with Gasteiger partial charge in [-0.05, 0) is 17.7 Å². The van der Waals surface area contributed by atoms with Gasteiger partial charge < -0.3 is 15.0 Å². The highest BCUT2D eigenvalue weighted by Crippen LogP contribution is 2.26. The monoisotopic (exact) mass is 233 g/mol. The number of hydrogen-bond donors (Lipinski definition) is 2. The van der Waals surface area contributed by atoms with Crippen LogP contribution >= 0.6 is 0 Å². The molecule has 2 aromatic rings. The molecular formula is C11H11N3O3. The fourth-order valence-electron chi connectivity index (χ4n) is 1.37. The second-order valence-electron chi connectivity index (χ2n) is 3.30. The molecule has 0 aliphatic rings. The fourth-order valence-corrected chi connectivity index (χ4v) is 1.37. The summed E-state index contributed by atoms with van der Waals surface area (Å²) >= 11 is 0. The molecule has 0 atom stereocenters. The van der Waals surface area contributed by atoms with E-state index in [0.717, 1.165) is 11.1 Å². The number of methoxy groups -OCH3 is 1. The van der Waals surface area contributed by atoms with Crippen molar-refractivity contribution in [1.82, 2.24) is 5.16 Å². The lowest BCUT2D eigenvalue weighted by molar-refractivity contribution is 0.187. The maximum absolute atomic E-state index is 11.0. The predicted octanol–water partition coefficient (Wildman–Crippen LogP) is 2.10. The molecule has 88 valence electrons. The molecule has 1 heterocycles. The normalized spacial score (nSPS) is 9.94. The largest absolute Gasteiger partial charge is 0.453 e. The first-order chi connectivity index (χ1) is 8.20. The molecule has 0 unspecified atom stereocenters. The van der Waals surface area contributed by atoms with E-state index in [0.29, 0.717) is 5.69 Å². The van der Waals surface area contributed by atoms with E-state index >= 15 is 0 Å². The second-order valence-corrected chi connectivity index (χ2v) is 3.30. The number of nitrogens with zero attached hydrogens (tertiary/aromatic N) is 1. The molecule has 0 fully saturated rings. The number of carbonyl (C=O) groups excluding carboxylic acids is 1. The summed E-state index contributed by atoms with van der Waals surface area (Å²) in [6.07, 6.45) is 1.03. The Labute approximate surface area is 97.3 Å². The van der Waals surface area contributed by atoms with Gasteiger partial charge in [0.15, 0.2) is 0 Å². The van der Waals surface area contributed by atoms with Crippen LogP contribution in [0, 0.1) is 0 Å². The maximum Gasteiger partial charge on any atom is 0.411 e. The van der Waals surface area contributed by atoms with E-state index in [1.807, 2.05) is 0 Å². The summed E-state index contributed by atoms with van der Waals surface area (Å²) in [5.41, 5.74) is 7.81. The van der Waals surface area contributed by atoms with Crippen LogP contribution in [0.1, 0.15) is 0 Å². The molecule has 0 aliphatic heterocycles. The number of nitrogens with one attached hydrogen (secondary N) is 1. The zero-order chi connectivity index (χ0) is 12.3. The second kappa shape index (κ2) is 4.56. The number of rotatable bonds is 2. The van der Waals surface area contributed by atoms with E-state index < -0.39 is 6.09 Å². The van der Waals surface area contributed by atoms with Gasteiger partial charge in [-0.3, -0.25) is 5.32 Å². The van der Waals surface area contributed by atoms with Crippen molar-refractivity contribution in [2.24, 2.45) is 0 Å². The van der Waals surface area contributed by atoms with Crippen molar-refractivity contribution in [2.75, 3.05) is 18.2 Å². The van der Waals surface area contributed by atoms with Gasteiger partial charge in [0.25, 0.3) is 0 Å². The average molecular weight is 233 g/mol. The molecule has 0 radical (unpaired) electrons. The minimum Gasteiger partial charge on any atom is -0.453 e. The van der Waals surface area contributed by atoms with Gasteiger partial charge in [0.2, 0.25) is 5.88 Å². The van der Waals surface area contributed by atoms with E-state index in [4.69, 9.17) is 10.3 Å². The van der Waals surface area contributed by atoms with E-state index in [9.17, 15) is 4.79 Å². The Morgan fingerprint density at radius 2 is 2.12 bits per heavy atom. The van der Waals surface area contributed by atoms with Crippen molar-refractivity contribution >= 4 is 17.7 Å². The summed E-state index contributed by atoms with van der Waals surface area (Å²) < 4.78 is 9.25. The van der Waals surface area contributed by atoms with Crippen LogP contribution in [0.25, 0.3) is 11.1 Å². The summed E-state index contributed by atoms with van der Waals surface area (Å²) in [6.45, 7) is 0. The Hall–Kier alpha value is -2.50. The standard InChI is InChI=1S/C11H11N3O3/c1-16-11(15)14-8-4-2-7(3-5-8)9-6-13-17-10(9)12/h2-6H,12H2,1H3,(H,14,15). The Balaban J connectivity index is 2.19. The number of benzene rings is 1. The highest BCUT2D eigenvalue weighted by molar-refractivity contribution is 5.85. The lowest BCUT2D eigenvalue weighted by Crippen LogP contribution is -2.10. The Kier molecular flexibility index (Phi) is 2.95. The topological polar surface area (TPSA) is 90.4 Å². The van der Waals surface area contributed by atoms with Crippen molar-refractivity contribution in [3.8, 4) is 11.1 Å². The van der Waals surface area contributed by atoms with Crippen molar-refractivity contribution in [1.29, 1.82) is 0 Å². The minimum atomic E-state index is -0.512. The van der Waals surface area contributed by atoms with Crippen molar-refractivity contribution in [2.45, 2.75) is 0 Å². The van der Waals surface area contributed by atoms with E-state index in [2.05, 4.69) is 15.2 Å². The molecule has 1 aromatic carbocycles. The van der Waals surface area contributed by atoms with Crippen LogP contribution < -0.4 is 11.1 Å².